The average Bonchev–Trinajstić information content (AvgIpc) is 2.38. The van der Waals surface area contributed by atoms with Crippen LogP contribution in [0.4, 0.5) is 11.8 Å². The van der Waals surface area contributed by atoms with Crippen LogP contribution in [0.25, 0.3) is 0 Å². The van der Waals surface area contributed by atoms with Gasteiger partial charge in [-0.15, -0.1) is 0 Å². The number of hydrogen-bond donors (Lipinski definition) is 1. The smallest absolute Gasteiger partial charge is 0.224 e. The lowest BCUT2D eigenvalue weighted by Gasteiger charge is -2.12. The Kier molecular flexibility index (Phi) is 3.49. The number of nitrogens with one attached hydrogen (secondary N) is 1. The first-order chi connectivity index (χ1) is 8.25. The van der Waals surface area contributed by atoms with Crippen molar-refractivity contribution in [3.8, 4) is 0 Å². The minimum absolute atomic E-state index is 0.625. The fraction of sp³-hybridized carbons (Fsp3) is 0.250. The highest BCUT2D eigenvalue weighted by atomic mass is 15.2. The van der Waals surface area contributed by atoms with Gasteiger partial charge < -0.3 is 10.2 Å². The van der Waals surface area contributed by atoms with Crippen molar-refractivity contribution in [1.29, 1.82) is 0 Å². The van der Waals surface area contributed by atoms with Crippen LogP contribution in [0.5, 0.6) is 0 Å². The molecule has 2 heterocycles. The standard InChI is InChI=1S/C12H15N5/c1-17(2)11-5-7-14-12(16-11)15-9-10-4-3-6-13-8-10/h3-8H,9H2,1-2H3,(H,14,15,16). The van der Waals surface area contributed by atoms with Crippen molar-refractivity contribution < 1.29 is 0 Å². The molecule has 88 valence electrons. The molecule has 2 rings (SSSR count). The van der Waals surface area contributed by atoms with Crippen molar-refractivity contribution in [3.05, 3.63) is 42.4 Å². The zero-order valence-electron chi connectivity index (χ0n) is 9.96. The molecule has 5 nitrogen and oxygen atoms in total. The zero-order valence-corrected chi connectivity index (χ0v) is 9.96. The molecular formula is C12H15N5. The average molecular weight is 229 g/mol. The Morgan fingerprint density at radius 1 is 1.24 bits per heavy atom. The molecule has 0 aliphatic carbocycles. The van der Waals surface area contributed by atoms with Crippen molar-refractivity contribution in [3.63, 3.8) is 0 Å². The van der Waals surface area contributed by atoms with Gasteiger partial charge in [-0.25, -0.2) is 4.98 Å². The molecule has 5 heteroatoms. The second-order valence-corrected chi connectivity index (χ2v) is 3.85. The number of nitrogens with zero attached hydrogens (tertiary/aromatic N) is 4. The summed E-state index contributed by atoms with van der Waals surface area (Å²) in [5.41, 5.74) is 1.10. The quantitative estimate of drug-likeness (QED) is 0.862. The van der Waals surface area contributed by atoms with E-state index in [0.29, 0.717) is 12.5 Å². The molecule has 0 radical (unpaired) electrons. The van der Waals surface area contributed by atoms with Crippen molar-refractivity contribution in [1.82, 2.24) is 15.0 Å². The molecule has 0 aliphatic rings. The number of aromatic nitrogens is 3. The summed E-state index contributed by atoms with van der Waals surface area (Å²) < 4.78 is 0. The third kappa shape index (κ3) is 3.14. The van der Waals surface area contributed by atoms with E-state index in [9.17, 15) is 0 Å². The summed E-state index contributed by atoms with van der Waals surface area (Å²) in [5.74, 6) is 1.51. The summed E-state index contributed by atoms with van der Waals surface area (Å²) in [5, 5.41) is 3.17. The fourth-order valence-electron chi connectivity index (χ4n) is 1.37. The van der Waals surface area contributed by atoms with Gasteiger partial charge in [-0.1, -0.05) is 6.07 Å². The van der Waals surface area contributed by atoms with Gasteiger partial charge in [0.25, 0.3) is 0 Å². The third-order valence-electron chi connectivity index (χ3n) is 2.27. The fourth-order valence-corrected chi connectivity index (χ4v) is 1.37. The third-order valence-corrected chi connectivity index (χ3v) is 2.27. The summed E-state index contributed by atoms with van der Waals surface area (Å²) in [6, 6.07) is 5.79. The lowest BCUT2D eigenvalue weighted by Crippen LogP contribution is -2.12. The lowest BCUT2D eigenvalue weighted by molar-refractivity contribution is 1.00. The molecule has 0 saturated carbocycles. The molecule has 0 aromatic carbocycles. The van der Waals surface area contributed by atoms with Crippen molar-refractivity contribution in [2.45, 2.75) is 6.54 Å². The number of hydrogen-bond acceptors (Lipinski definition) is 5. The maximum absolute atomic E-state index is 4.37. The topological polar surface area (TPSA) is 53.9 Å². The predicted molar refractivity (Wildman–Crippen MR) is 67.9 cm³/mol. The van der Waals surface area contributed by atoms with E-state index in [0.717, 1.165) is 11.4 Å². The van der Waals surface area contributed by atoms with Gasteiger partial charge in [-0.2, -0.15) is 4.98 Å². The van der Waals surface area contributed by atoms with E-state index >= 15 is 0 Å². The van der Waals surface area contributed by atoms with Crippen LogP contribution in [0, 0.1) is 0 Å². The Morgan fingerprint density at radius 3 is 2.82 bits per heavy atom. The molecule has 2 aromatic heterocycles. The van der Waals surface area contributed by atoms with E-state index in [1.54, 1.807) is 12.4 Å². The largest absolute Gasteiger partial charge is 0.363 e. The minimum atomic E-state index is 0.625. The SMILES string of the molecule is CN(C)c1ccnc(NCc2cccnc2)n1. The Labute approximate surface area is 101 Å². The zero-order chi connectivity index (χ0) is 12.1. The first-order valence-corrected chi connectivity index (χ1v) is 5.39. The number of pyridine rings is 1. The van der Waals surface area contributed by atoms with Crippen LogP contribution in [0.3, 0.4) is 0 Å². The van der Waals surface area contributed by atoms with Gasteiger partial charge >= 0.3 is 0 Å². The minimum Gasteiger partial charge on any atom is -0.363 e. The first kappa shape index (κ1) is 11.3. The van der Waals surface area contributed by atoms with Crippen LogP contribution in [-0.4, -0.2) is 29.0 Å². The second-order valence-electron chi connectivity index (χ2n) is 3.85. The van der Waals surface area contributed by atoms with E-state index in [1.807, 2.05) is 43.4 Å². The summed E-state index contributed by atoms with van der Waals surface area (Å²) in [6.45, 7) is 0.671. The Bertz CT molecular complexity index is 469. The van der Waals surface area contributed by atoms with Gasteiger partial charge in [0.05, 0.1) is 0 Å². The monoisotopic (exact) mass is 229 g/mol. The molecule has 17 heavy (non-hydrogen) atoms. The summed E-state index contributed by atoms with van der Waals surface area (Å²) in [4.78, 5) is 14.5. The second kappa shape index (κ2) is 5.25. The van der Waals surface area contributed by atoms with Gasteiger partial charge in [-0.3, -0.25) is 4.98 Å². The van der Waals surface area contributed by atoms with E-state index in [2.05, 4.69) is 20.3 Å². The predicted octanol–water partition coefficient (Wildman–Crippen LogP) is 1.55. The molecule has 0 fully saturated rings. The van der Waals surface area contributed by atoms with E-state index in [4.69, 9.17) is 0 Å². The highest BCUT2D eigenvalue weighted by Gasteiger charge is 2.00. The van der Waals surface area contributed by atoms with Crippen molar-refractivity contribution >= 4 is 11.8 Å². The lowest BCUT2D eigenvalue weighted by atomic mass is 10.3. The van der Waals surface area contributed by atoms with Crippen LogP contribution in [0.1, 0.15) is 5.56 Å². The Hall–Kier alpha value is -2.17. The molecule has 0 amide bonds. The van der Waals surface area contributed by atoms with Crippen LogP contribution in [-0.2, 0) is 6.54 Å². The molecule has 0 atom stereocenters. The molecule has 0 spiro atoms. The van der Waals surface area contributed by atoms with Gasteiger partial charge in [0.2, 0.25) is 5.95 Å². The molecule has 0 bridgehead atoms. The molecule has 2 aromatic rings. The van der Waals surface area contributed by atoms with Gasteiger partial charge in [0, 0.05) is 39.2 Å². The highest BCUT2D eigenvalue weighted by Crippen LogP contribution is 2.09. The normalized spacial score (nSPS) is 10.0. The maximum Gasteiger partial charge on any atom is 0.224 e. The van der Waals surface area contributed by atoms with E-state index in [1.165, 1.54) is 0 Å². The van der Waals surface area contributed by atoms with Crippen LogP contribution in [0.15, 0.2) is 36.8 Å². The molecule has 0 unspecified atom stereocenters. The van der Waals surface area contributed by atoms with Gasteiger partial charge in [-0.05, 0) is 17.7 Å². The van der Waals surface area contributed by atoms with Gasteiger partial charge in [0.15, 0.2) is 0 Å². The van der Waals surface area contributed by atoms with Crippen molar-refractivity contribution in [2.75, 3.05) is 24.3 Å². The molecule has 0 saturated heterocycles. The van der Waals surface area contributed by atoms with Gasteiger partial charge in [0.1, 0.15) is 5.82 Å². The van der Waals surface area contributed by atoms with Crippen LogP contribution in [0.2, 0.25) is 0 Å². The highest BCUT2D eigenvalue weighted by molar-refractivity contribution is 5.41. The Balaban J connectivity index is 2.02. The van der Waals surface area contributed by atoms with Crippen molar-refractivity contribution in [2.24, 2.45) is 0 Å². The molecular weight excluding hydrogens is 214 g/mol. The van der Waals surface area contributed by atoms with E-state index < -0.39 is 0 Å². The summed E-state index contributed by atoms with van der Waals surface area (Å²) in [7, 11) is 3.90. The molecule has 0 aliphatic heterocycles. The Morgan fingerprint density at radius 2 is 2.12 bits per heavy atom. The first-order valence-electron chi connectivity index (χ1n) is 5.39. The van der Waals surface area contributed by atoms with Crippen LogP contribution >= 0.6 is 0 Å². The molecule has 1 N–H and O–H groups in total. The number of rotatable bonds is 4. The summed E-state index contributed by atoms with van der Waals surface area (Å²) >= 11 is 0. The maximum atomic E-state index is 4.37. The van der Waals surface area contributed by atoms with Crippen LogP contribution < -0.4 is 10.2 Å². The summed E-state index contributed by atoms with van der Waals surface area (Å²) in [6.07, 6.45) is 5.32. The number of anilines is 2. The van der Waals surface area contributed by atoms with E-state index in [-0.39, 0.29) is 0 Å².